The van der Waals surface area contributed by atoms with Crippen LogP contribution in [0, 0.1) is 18.6 Å². The van der Waals surface area contributed by atoms with E-state index in [-0.39, 0.29) is 11.4 Å². The third-order valence-corrected chi connectivity index (χ3v) is 5.61. The predicted molar refractivity (Wildman–Crippen MR) is 123 cm³/mol. The Labute approximate surface area is 205 Å². The van der Waals surface area contributed by atoms with E-state index in [0.29, 0.717) is 33.5 Å². The molecule has 2 heterocycles. The second kappa shape index (κ2) is 9.56. The average molecular weight is 522 g/mol. The largest absolute Gasteiger partial charge is 0.497 e. The van der Waals surface area contributed by atoms with Gasteiger partial charge in [-0.25, -0.2) is 13.5 Å². The number of pyridine rings is 1. The summed E-state index contributed by atoms with van der Waals surface area (Å²) < 4.78 is 80.0. The van der Waals surface area contributed by atoms with Crippen molar-refractivity contribution in [1.29, 1.82) is 0 Å². The van der Waals surface area contributed by atoms with Crippen LogP contribution in [0.2, 0.25) is 0 Å². The van der Waals surface area contributed by atoms with Crippen molar-refractivity contribution in [1.82, 2.24) is 14.3 Å². The Kier molecular flexibility index (Phi) is 6.63. The minimum atomic E-state index is -4.71. The maximum Gasteiger partial charge on any atom is 0.408 e. The van der Waals surface area contributed by atoms with Gasteiger partial charge in [-0.15, -0.1) is 0 Å². The number of nitrogens with one attached hydrogen (secondary N) is 1. The molecule has 4 aromatic rings. The van der Waals surface area contributed by atoms with Crippen molar-refractivity contribution in [2.24, 2.45) is 7.05 Å². The van der Waals surface area contributed by atoms with Gasteiger partial charge in [0, 0.05) is 42.5 Å². The summed E-state index contributed by atoms with van der Waals surface area (Å²) in [4.78, 5) is 29.3. The number of fused-ring (bicyclic) bond motifs is 1. The molecule has 1 amide bonds. The van der Waals surface area contributed by atoms with Crippen LogP contribution >= 0.6 is 0 Å². The molecule has 2 aromatic heterocycles. The maximum atomic E-state index is 14.8. The molecule has 4 rings (SSSR count). The summed E-state index contributed by atoms with van der Waals surface area (Å²) in [6.07, 6.45) is -3.30. The smallest absolute Gasteiger partial charge is 0.408 e. The van der Waals surface area contributed by atoms with Crippen molar-refractivity contribution in [2.75, 3.05) is 12.4 Å². The van der Waals surface area contributed by atoms with E-state index >= 15 is 0 Å². The van der Waals surface area contributed by atoms with Gasteiger partial charge in [-0.2, -0.15) is 13.2 Å². The fourth-order valence-corrected chi connectivity index (χ4v) is 3.70. The number of carbonyl (C=O) groups excluding carboxylic acids is 1. The molecule has 37 heavy (non-hydrogen) atoms. The molecule has 8 nitrogen and oxygen atoms in total. The molecule has 0 aliphatic carbocycles. The molecule has 0 spiro atoms. The number of nitrogens with zero attached hydrogens (tertiary/aromatic N) is 3. The summed E-state index contributed by atoms with van der Waals surface area (Å²) in [5.41, 5.74) is -2.10. The van der Waals surface area contributed by atoms with Crippen molar-refractivity contribution in [2.45, 2.75) is 19.6 Å². The molecular formula is C24H19F5N4O4. The van der Waals surface area contributed by atoms with Gasteiger partial charge in [0.25, 0.3) is 11.5 Å². The lowest BCUT2D eigenvalue weighted by Crippen LogP contribution is -2.32. The molecule has 0 atom stereocenters. The average Bonchev–Trinajstić information content (AvgIpc) is 3.04. The van der Waals surface area contributed by atoms with Crippen LogP contribution in [0.3, 0.4) is 0 Å². The molecule has 0 fully saturated rings. The molecule has 0 saturated heterocycles. The number of methoxy groups -OCH3 is 1. The zero-order chi connectivity index (χ0) is 27.1. The van der Waals surface area contributed by atoms with E-state index in [1.54, 1.807) is 18.2 Å². The van der Waals surface area contributed by atoms with Gasteiger partial charge in [-0.3, -0.25) is 19.3 Å². The van der Waals surface area contributed by atoms with Gasteiger partial charge >= 0.3 is 6.18 Å². The molecule has 1 N–H and O–H groups in total. The number of hydrogen-bond donors (Lipinski definition) is 1. The summed E-state index contributed by atoms with van der Waals surface area (Å²) >= 11 is 0. The predicted octanol–water partition coefficient (Wildman–Crippen LogP) is 4.94. The second-order valence-electron chi connectivity index (χ2n) is 7.97. The van der Waals surface area contributed by atoms with E-state index in [1.165, 1.54) is 33.3 Å². The van der Waals surface area contributed by atoms with Gasteiger partial charge in [0.2, 0.25) is 0 Å². The number of benzene rings is 2. The number of hydrogen-bond acceptors (Lipinski definition) is 5. The molecular weight excluding hydrogens is 503 g/mol. The van der Waals surface area contributed by atoms with E-state index in [1.807, 2.05) is 5.32 Å². The number of carbonyl (C=O) groups is 1. The molecule has 0 unspecified atom stereocenters. The zero-order valence-corrected chi connectivity index (χ0v) is 19.6. The first-order valence-corrected chi connectivity index (χ1v) is 10.6. The molecule has 0 bridgehead atoms. The van der Waals surface area contributed by atoms with Crippen LogP contribution in [-0.2, 0) is 13.6 Å². The summed E-state index contributed by atoms with van der Waals surface area (Å²) in [7, 11) is 2.65. The highest BCUT2D eigenvalue weighted by Gasteiger charge is 2.32. The number of anilines is 1. The topological polar surface area (TPSA) is 87.4 Å². The lowest BCUT2D eigenvalue weighted by Gasteiger charge is -2.12. The Morgan fingerprint density at radius 2 is 1.81 bits per heavy atom. The van der Waals surface area contributed by atoms with Crippen molar-refractivity contribution < 1.29 is 36.2 Å². The van der Waals surface area contributed by atoms with E-state index in [9.17, 15) is 31.5 Å². The standard InChI is InChI=1S/C24H19F5N4O4/c1-12-21(23(35)33(32(12)2)11-24(27,28)29)22(34)31-18-9-16(26)20(10-15(18)25)37-19-6-7-30-17-8-13(36-3)4-5-14(17)19/h4-10H,11H2,1-3H3,(H,31,34). The molecule has 0 aliphatic rings. The lowest BCUT2D eigenvalue weighted by molar-refractivity contribution is -0.144. The first-order chi connectivity index (χ1) is 17.4. The van der Waals surface area contributed by atoms with Crippen LogP contribution in [0.1, 0.15) is 16.1 Å². The Bertz CT molecular complexity index is 1580. The lowest BCUT2D eigenvalue weighted by atomic mass is 10.2. The van der Waals surface area contributed by atoms with Gasteiger partial charge in [-0.1, -0.05) is 0 Å². The Balaban J connectivity index is 1.62. The summed E-state index contributed by atoms with van der Waals surface area (Å²) in [5, 5.41) is 2.54. The van der Waals surface area contributed by atoms with Crippen molar-refractivity contribution in [3.63, 3.8) is 0 Å². The molecule has 0 aliphatic heterocycles. The van der Waals surface area contributed by atoms with Gasteiger partial charge in [-0.05, 0) is 25.1 Å². The molecule has 13 heteroatoms. The van der Waals surface area contributed by atoms with Gasteiger partial charge in [0.15, 0.2) is 17.4 Å². The maximum absolute atomic E-state index is 14.8. The number of alkyl halides is 3. The zero-order valence-electron chi connectivity index (χ0n) is 19.6. The number of ether oxygens (including phenoxy) is 2. The van der Waals surface area contributed by atoms with Crippen LogP contribution in [0.4, 0.5) is 27.6 Å². The van der Waals surface area contributed by atoms with Crippen molar-refractivity contribution >= 4 is 22.5 Å². The van der Waals surface area contributed by atoms with Crippen molar-refractivity contribution in [3.8, 4) is 17.2 Å². The second-order valence-corrected chi connectivity index (χ2v) is 7.97. The molecule has 0 radical (unpaired) electrons. The summed E-state index contributed by atoms with van der Waals surface area (Å²) in [6.45, 7) is -0.367. The molecule has 0 saturated carbocycles. The highest BCUT2D eigenvalue weighted by atomic mass is 19.4. The monoisotopic (exact) mass is 522 g/mol. The number of amides is 1. The van der Waals surface area contributed by atoms with E-state index in [2.05, 4.69) is 4.98 Å². The quantitative estimate of drug-likeness (QED) is 0.363. The molecule has 2 aromatic carbocycles. The Hall–Kier alpha value is -4.42. The number of rotatable bonds is 6. The minimum absolute atomic E-state index is 0.0891. The third-order valence-electron chi connectivity index (χ3n) is 5.61. The molecule has 194 valence electrons. The minimum Gasteiger partial charge on any atom is -0.497 e. The summed E-state index contributed by atoms with van der Waals surface area (Å²) in [5.74, 6) is -3.13. The van der Waals surface area contributed by atoms with Crippen LogP contribution in [0.5, 0.6) is 17.2 Å². The first-order valence-electron chi connectivity index (χ1n) is 10.6. The third kappa shape index (κ3) is 5.10. The van der Waals surface area contributed by atoms with Crippen LogP contribution in [0.25, 0.3) is 10.9 Å². The normalized spacial score (nSPS) is 11.6. The van der Waals surface area contributed by atoms with Gasteiger partial charge < -0.3 is 14.8 Å². The fourth-order valence-electron chi connectivity index (χ4n) is 3.70. The van der Waals surface area contributed by atoms with E-state index in [4.69, 9.17) is 9.47 Å². The van der Waals surface area contributed by atoms with Gasteiger partial charge in [0.05, 0.1) is 18.3 Å². The Morgan fingerprint density at radius 3 is 2.49 bits per heavy atom. The highest BCUT2D eigenvalue weighted by Crippen LogP contribution is 2.34. The fraction of sp³-hybridized carbons (Fsp3) is 0.208. The first kappa shape index (κ1) is 25.7. The number of aromatic nitrogens is 3. The SMILES string of the molecule is COc1ccc2c(Oc3cc(F)c(NC(=O)c4c(C)n(C)n(CC(F)(F)F)c4=O)cc3F)ccnc2c1. The highest BCUT2D eigenvalue weighted by molar-refractivity contribution is 6.05. The van der Waals surface area contributed by atoms with Crippen LogP contribution in [-0.4, -0.2) is 33.5 Å². The van der Waals surface area contributed by atoms with E-state index in [0.717, 1.165) is 4.68 Å². The van der Waals surface area contributed by atoms with Crippen molar-refractivity contribution in [3.05, 3.63) is 75.8 Å². The van der Waals surface area contributed by atoms with Gasteiger partial charge in [0.1, 0.15) is 23.6 Å². The van der Waals surface area contributed by atoms with E-state index < -0.39 is 52.8 Å². The van der Waals surface area contributed by atoms with Crippen LogP contribution in [0.15, 0.2) is 47.4 Å². The summed E-state index contributed by atoms with van der Waals surface area (Å²) in [6, 6.07) is 7.69. The van der Waals surface area contributed by atoms with Crippen LogP contribution < -0.4 is 20.3 Å². The Morgan fingerprint density at radius 1 is 1.08 bits per heavy atom. The number of halogens is 5.